The van der Waals surface area contributed by atoms with Crippen LogP contribution in [0.4, 0.5) is 5.82 Å². The van der Waals surface area contributed by atoms with E-state index in [1.807, 2.05) is 6.92 Å². The molecular weight excluding hydrogens is 240 g/mol. The molecule has 0 atom stereocenters. The van der Waals surface area contributed by atoms with Crippen LogP contribution in [-0.2, 0) is 0 Å². The maximum absolute atomic E-state index is 5.23. The van der Waals surface area contributed by atoms with Crippen LogP contribution in [0.3, 0.4) is 0 Å². The molecule has 19 heavy (non-hydrogen) atoms. The average Bonchev–Trinajstić information content (AvgIpc) is 2.88. The van der Waals surface area contributed by atoms with E-state index in [1.54, 1.807) is 13.4 Å². The Balaban J connectivity index is 2.09. The van der Waals surface area contributed by atoms with Crippen LogP contribution >= 0.6 is 0 Å². The molecule has 1 aliphatic carbocycles. The van der Waals surface area contributed by atoms with Gasteiger partial charge in [-0.25, -0.2) is 9.97 Å². The topological polar surface area (TPSA) is 50.3 Å². The molecule has 0 aromatic carbocycles. The second-order valence-electron chi connectivity index (χ2n) is 5.54. The van der Waals surface area contributed by atoms with Crippen molar-refractivity contribution in [2.75, 3.05) is 33.1 Å². The minimum Gasteiger partial charge on any atom is -0.481 e. The molecule has 0 unspecified atom stereocenters. The maximum Gasteiger partial charge on any atom is 0.221 e. The van der Waals surface area contributed by atoms with Gasteiger partial charge in [-0.1, -0.05) is 12.8 Å². The first-order chi connectivity index (χ1) is 9.09. The molecule has 0 radical (unpaired) electrons. The Bertz CT molecular complexity index is 427. The van der Waals surface area contributed by atoms with E-state index < -0.39 is 0 Å². The predicted molar refractivity (Wildman–Crippen MR) is 76.7 cm³/mol. The lowest BCUT2D eigenvalue weighted by Gasteiger charge is -2.36. The molecule has 1 aromatic rings. The SMILES string of the molecule is COc1ncnc(NCC2(N(C)C)CCCC2)c1C. The molecule has 5 nitrogen and oxygen atoms in total. The van der Waals surface area contributed by atoms with Gasteiger partial charge >= 0.3 is 0 Å². The predicted octanol–water partition coefficient (Wildman–Crippen LogP) is 2.08. The highest BCUT2D eigenvalue weighted by atomic mass is 16.5. The van der Waals surface area contributed by atoms with Crippen LogP contribution in [0.25, 0.3) is 0 Å². The summed E-state index contributed by atoms with van der Waals surface area (Å²) in [6.45, 7) is 2.90. The van der Waals surface area contributed by atoms with Gasteiger partial charge in [0.15, 0.2) is 0 Å². The molecule has 0 bridgehead atoms. The third-order valence-electron chi connectivity index (χ3n) is 4.30. The van der Waals surface area contributed by atoms with Crippen LogP contribution in [0.2, 0.25) is 0 Å². The Kier molecular flexibility index (Phi) is 4.24. The van der Waals surface area contributed by atoms with Crippen molar-refractivity contribution >= 4 is 5.82 Å². The Morgan fingerprint density at radius 3 is 2.58 bits per heavy atom. The number of hydrogen-bond donors (Lipinski definition) is 1. The third kappa shape index (κ3) is 2.81. The Morgan fingerprint density at radius 2 is 2.00 bits per heavy atom. The van der Waals surface area contributed by atoms with Crippen molar-refractivity contribution in [1.29, 1.82) is 0 Å². The molecule has 1 saturated carbocycles. The van der Waals surface area contributed by atoms with E-state index in [1.165, 1.54) is 25.7 Å². The highest BCUT2D eigenvalue weighted by Gasteiger charge is 2.35. The normalized spacial score (nSPS) is 17.7. The van der Waals surface area contributed by atoms with Gasteiger partial charge in [-0.2, -0.15) is 0 Å². The number of nitrogens with one attached hydrogen (secondary N) is 1. The molecule has 2 rings (SSSR count). The third-order valence-corrected chi connectivity index (χ3v) is 4.30. The Labute approximate surface area is 115 Å². The van der Waals surface area contributed by atoms with Crippen LogP contribution < -0.4 is 10.1 Å². The lowest BCUT2D eigenvalue weighted by atomic mass is 9.96. The second kappa shape index (κ2) is 5.74. The highest BCUT2D eigenvalue weighted by molar-refractivity contribution is 5.47. The molecule has 1 N–H and O–H groups in total. The molecule has 1 heterocycles. The van der Waals surface area contributed by atoms with E-state index in [0.29, 0.717) is 5.88 Å². The van der Waals surface area contributed by atoms with Gasteiger partial charge in [0.1, 0.15) is 12.1 Å². The summed E-state index contributed by atoms with van der Waals surface area (Å²) in [5, 5.41) is 3.48. The minimum absolute atomic E-state index is 0.255. The smallest absolute Gasteiger partial charge is 0.221 e. The Morgan fingerprint density at radius 1 is 1.32 bits per heavy atom. The van der Waals surface area contributed by atoms with Crippen LogP contribution in [-0.4, -0.2) is 48.2 Å². The minimum atomic E-state index is 0.255. The van der Waals surface area contributed by atoms with Crippen LogP contribution in [0.5, 0.6) is 5.88 Å². The van der Waals surface area contributed by atoms with E-state index >= 15 is 0 Å². The van der Waals surface area contributed by atoms with E-state index in [2.05, 4.69) is 34.3 Å². The number of hydrogen-bond acceptors (Lipinski definition) is 5. The molecule has 1 fully saturated rings. The van der Waals surface area contributed by atoms with Crippen molar-refractivity contribution in [3.8, 4) is 5.88 Å². The number of aromatic nitrogens is 2. The fourth-order valence-electron chi connectivity index (χ4n) is 2.88. The van der Waals surface area contributed by atoms with Crippen molar-refractivity contribution in [1.82, 2.24) is 14.9 Å². The molecular formula is C14H24N4O. The van der Waals surface area contributed by atoms with Crippen molar-refractivity contribution in [2.24, 2.45) is 0 Å². The van der Waals surface area contributed by atoms with Crippen LogP contribution in [0, 0.1) is 6.92 Å². The number of ether oxygens (including phenoxy) is 1. The van der Waals surface area contributed by atoms with Gasteiger partial charge in [0.05, 0.1) is 12.7 Å². The van der Waals surface area contributed by atoms with E-state index in [0.717, 1.165) is 17.9 Å². The van der Waals surface area contributed by atoms with Gasteiger partial charge in [0.25, 0.3) is 0 Å². The number of methoxy groups -OCH3 is 1. The van der Waals surface area contributed by atoms with Gasteiger partial charge < -0.3 is 15.0 Å². The van der Waals surface area contributed by atoms with Crippen molar-refractivity contribution in [3.63, 3.8) is 0 Å². The molecule has 0 saturated heterocycles. The standard InChI is InChI=1S/C14H24N4O/c1-11-12(16-10-17-13(11)19-4)15-9-14(18(2)3)7-5-6-8-14/h10H,5-9H2,1-4H3,(H,15,16,17). The van der Waals surface area contributed by atoms with Crippen molar-refractivity contribution in [3.05, 3.63) is 11.9 Å². The van der Waals surface area contributed by atoms with Gasteiger partial charge in [-0.15, -0.1) is 0 Å². The van der Waals surface area contributed by atoms with E-state index in [4.69, 9.17) is 4.74 Å². The maximum atomic E-state index is 5.23. The summed E-state index contributed by atoms with van der Waals surface area (Å²) in [6.07, 6.45) is 6.66. The van der Waals surface area contributed by atoms with Crippen LogP contribution in [0.15, 0.2) is 6.33 Å². The van der Waals surface area contributed by atoms with Gasteiger partial charge in [-0.05, 0) is 33.9 Å². The summed E-state index contributed by atoms with van der Waals surface area (Å²) in [5.41, 5.74) is 1.22. The zero-order valence-corrected chi connectivity index (χ0v) is 12.4. The fraction of sp³-hybridized carbons (Fsp3) is 0.714. The molecule has 0 aliphatic heterocycles. The zero-order chi connectivity index (χ0) is 13.9. The summed E-state index contributed by atoms with van der Waals surface area (Å²) in [7, 11) is 5.97. The van der Waals surface area contributed by atoms with Crippen LogP contribution in [0.1, 0.15) is 31.2 Å². The number of anilines is 1. The number of nitrogens with zero attached hydrogens (tertiary/aromatic N) is 3. The molecule has 0 amide bonds. The first-order valence-corrected chi connectivity index (χ1v) is 6.86. The molecule has 0 spiro atoms. The zero-order valence-electron chi connectivity index (χ0n) is 12.4. The quantitative estimate of drug-likeness (QED) is 0.882. The van der Waals surface area contributed by atoms with Gasteiger partial charge in [0.2, 0.25) is 5.88 Å². The van der Waals surface area contributed by atoms with Crippen molar-refractivity contribution in [2.45, 2.75) is 38.1 Å². The largest absolute Gasteiger partial charge is 0.481 e. The number of rotatable bonds is 5. The van der Waals surface area contributed by atoms with Gasteiger partial charge in [-0.3, -0.25) is 0 Å². The molecule has 1 aromatic heterocycles. The van der Waals surface area contributed by atoms with E-state index in [-0.39, 0.29) is 5.54 Å². The lowest BCUT2D eigenvalue weighted by molar-refractivity contribution is 0.172. The number of likely N-dealkylation sites (N-methyl/N-ethyl adjacent to an activating group) is 1. The summed E-state index contributed by atoms with van der Waals surface area (Å²) >= 11 is 0. The summed E-state index contributed by atoms with van der Waals surface area (Å²) in [5.74, 6) is 1.52. The van der Waals surface area contributed by atoms with Gasteiger partial charge in [0, 0.05) is 12.1 Å². The molecule has 5 heteroatoms. The summed E-state index contributed by atoms with van der Waals surface area (Å²) in [4.78, 5) is 10.8. The monoisotopic (exact) mass is 264 g/mol. The first-order valence-electron chi connectivity index (χ1n) is 6.86. The second-order valence-corrected chi connectivity index (χ2v) is 5.54. The Hall–Kier alpha value is -1.36. The summed E-state index contributed by atoms with van der Waals surface area (Å²) < 4.78 is 5.23. The summed E-state index contributed by atoms with van der Waals surface area (Å²) in [6, 6.07) is 0. The average molecular weight is 264 g/mol. The van der Waals surface area contributed by atoms with E-state index in [9.17, 15) is 0 Å². The highest BCUT2D eigenvalue weighted by Crippen LogP contribution is 2.34. The van der Waals surface area contributed by atoms with Crippen molar-refractivity contribution < 1.29 is 4.74 Å². The first kappa shape index (κ1) is 14.1. The fourth-order valence-corrected chi connectivity index (χ4v) is 2.88. The molecule has 106 valence electrons. The molecule has 1 aliphatic rings. The lowest BCUT2D eigenvalue weighted by Crippen LogP contribution is -2.47.